The summed E-state index contributed by atoms with van der Waals surface area (Å²) in [4.78, 5) is 14.0. The lowest BCUT2D eigenvalue weighted by Gasteiger charge is -2.17. The van der Waals surface area contributed by atoms with Gasteiger partial charge in [0.05, 0.1) is 6.54 Å². The second-order valence-electron chi connectivity index (χ2n) is 6.20. The van der Waals surface area contributed by atoms with E-state index in [-0.39, 0.29) is 0 Å². The Balaban J connectivity index is 1.62. The molecule has 98 valence electrons. The summed E-state index contributed by atoms with van der Waals surface area (Å²) in [5, 5.41) is 3.29. The van der Waals surface area contributed by atoms with Crippen molar-refractivity contribution in [1.82, 2.24) is 10.2 Å². The molecule has 1 unspecified atom stereocenters. The fourth-order valence-electron chi connectivity index (χ4n) is 2.74. The van der Waals surface area contributed by atoms with Crippen LogP contribution >= 0.6 is 0 Å². The molecule has 1 N–H and O–H groups in total. The standard InChI is InChI=1S/C14H26N2O/c1-11(2)7-13-5-6-16(10-13)14(17)9-15-8-12-3-4-12/h11-13,15H,3-10H2,1-2H3. The third-order valence-electron chi connectivity index (χ3n) is 3.85. The molecule has 1 saturated carbocycles. The Morgan fingerprint density at radius 3 is 2.71 bits per heavy atom. The van der Waals surface area contributed by atoms with Crippen LogP contribution in [0.5, 0.6) is 0 Å². The molecule has 2 fully saturated rings. The van der Waals surface area contributed by atoms with Gasteiger partial charge in [-0.2, -0.15) is 0 Å². The zero-order chi connectivity index (χ0) is 12.3. The first-order valence-electron chi connectivity index (χ1n) is 7.13. The summed E-state index contributed by atoms with van der Waals surface area (Å²) in [5.41, 5.74) is 0. The zero-order valence-corrected chi connectivity index (χ0v) is 11.2. The van der Waals surface area contributed by atoms with E-state index in [4.69, 9.17) is 0 Å². The number of carbonyl (C=O) groups is 1. The van der Waals surface area contributed by atoms with Gasteiger partial charge in [-0.05, 0) is 50.0 Å². The molecule has 1 aliphatic heterocycles. The molecule has 2 rings (SSSR count). The maximum Gasteiger partial charge on any atom is 0.236 e. The molecule has 0 spiro atoms. The zero-order valence-electron chi connectivity index (χ0n) is 11.2. The number of likely N-dealkylation sites (tertiary alicyclic amines) is 1. The first-order chi connectivity index (χ1) is 8.15. The average Bonchev–Trinajstić information content (AvgIpc) is 2.96. The Kier molecular flexibility index (Phi) is 4.43. The van der Waals surface area contributed by atoms with Gasteiger partial charge in [-0.1, -0.05) is 13.8 Å². The van der Waals surface area contributed by atoms with Crippen LogP contribution < -0.4 is 5.32 Å². The van der Waals surface area contributed by atoms with E-state index < -0.39 is 0 Å². The molecule has 1 atom stereocenters. The highest BCUT2D eigenvalue weighted by Gasteiger charge is 2.27. The highest BCUT2D eigenvalue weighted by atomic mass is 16.2. The van der Waals surface area contributed by atoms with Gasteiger partial charge in [0.25, 0.3) is 0 Å². The third kappa shape index (κ3) is 4.30. The number of amides is 1. The maximum atomic E-state index is 11.9. The van der Waals surface area contributed by atoms with E-state index in [1.165, 1.54) is 25.7 Å². The smallest absolute Gasteiger partial charge is 0.236 e. The van der Waals surface area contributed by atoms with Crippen LogP contribution in [-0.2, 0) is 4.79 Å². The van der Waals surface area contributed by atoms with E-state index in [1.807, 2.05) is 4.90 Å². The molecule has 1 heterocycles. The molecule has 3 nitrogen and oxygen atoms in total. The molecule has 0 aromatic carbocycles. The van der Waals surface area contributed by atoms with Crippen LogP contribution in [-0.4, -0.2) is 37.0 Å². The van der Waals surface area contributed by atoms with Gasteiger partial charge < -0.3 is 10.2 Å². The lowest BCUT2D eigenvalue weighted by molar-refractivity contribution is -0.129. The summed E-state index contributed by atoms with van der Waals surface area (Å²) in [6.07, 6.45) is 5.16. The summed E-state index contributed by atoms with van der Waals surface area (Å²) in [7, 11) is 0. The van der Waals surface area contributed by atoms with Crippen LogP contribution in [0.2, 0.25) is 0 Å². The predicted molar refractivity (Wildman–Crippen MR) is 69.7 cm³/mol. The van der Waals surface area contributed by atoms with Crippen molar-refractivity contribution in [2.45, 2.75) is 39.5 Å². The molecule has 0 aromatic heterocycles. The summed E-state index contributed by atoms with van der Waals surface area (Å²) < 4.78 is 0. The summed E-state index contributed by atoms with van der Waals surface area (Å²) in [5.74, 6) is 2.65. The van der Waals surface area contributed by atoms with Crippen LogP contribution in [0.25, 0.3) is 0 Å². The van der Waals surface area contributed by atoms with E-state index in [0.717, 1.165) is 37.4 Å². The Morgan fingerprint density at radius 1 is 1.29 bits per heavy atom. The average molecular weight is 238 g/mol. The molecule has 17 heavy (non-hydrogen) atoms. The fourth-order valence-corrected chi connectivity index (χ4v) is 2.74. The van der Waals surface area contributed by atoms with Gasteiger partial charge in [-0.25, -0.2) is 0 Å². The van der Waals surface area contributed by atoms with Crippen molar-refractivity contribution in [1.29, 1.82) is 0 Å². The highest BCUT2D eigenvalue weighted by Crippen LogP contribution is 2.27. The first kappa shape index (κ1) is 12.9. The number of nitrogens with one attached hydrogen (secondary N) is 1. The van der Waals surface area contributed by atoms with Crippen molar-refractivity contribution in [2.75, 3.05) is 26.2 Å². The van der Waals surface area contributed by atoms with Gasteiger partial charge in [-0.3, -0.25) is 4.79 Å². The minimum absolute atomic E-state index is 0.303. The van der Waals surface area contributed by atoms with Crippen molar-refractivity contribution in [2.24, 2.45) is 17.8 Å². The fraction of sp³-hybridized carbons (Fsp3) is 0.929. The minimum atomic E-state index is 0.303. The first-order valence-corrected chi connectivity index (χ1v) is 7.13. The maximum absolute atomic E-state index is 11.9. The second-order valence-corrected chi connectivity index (χ2v) is 6.20. The number of hydrogen-bond donors (Lipinski definition) is 1. The lowest BCUT2D eigenvalue weighted by Crippen LogP contribution is -2.37. The number of carbonyl (C=O) groups excluding carboxylic acids is 1. The third-order valence-corrected chi connectivity index (χ3v) is 3.85. The number of nitrogens with zero attached hydrogens (tertiary/aromatic N) is 1. The normalized spacial score (nSPS) is 24.6. The summed E-state index contributed by atoms with van der Waals surface area (Å²) >= 11 is 0. The Bertz CT molecular complexity index is 261. The second kappa shape index (κ2) is 5.85. The molecule has 1 aliphatic carbocycles. The molecule has 1 saturated heterocycles. The molecule has 2 aliphatic rings. The Hall–Kier alpha value is -0.570. The van der Waals surface area contributed by atoms with Crippen molar-refractivity contribution >= 4 is 5.91 Å². The van der Waals surface area contributed by atoms with Crippen LogP contribution in [0.15, 0.2) is 0 Å². The van der Waals surface area contributed by atoms with Crippen LogP contribution in [0.1, 0.15) is 39.5 Å². The van der Waals surface area contributed by atoms with Crippen molar-refractivity contribution in [3.63, 3.8) is 0 Å². The molecule has 0 radical (unpaired) electrons. The topological polar surface area (TPSA) is 32.3 Å². The number of hydrogen-bond acceptors (Lipinski definition) is 2. The van der Waals surface area contributed by atoms with Crippen molar-refractivity contribution < 1.29 is 4.79 Å². The molecular formula is C14H26N2O. The molecule has 0 bridgehead atoms. The highest BCUT2D eigenvalue weighted by molar-refractivity contribution is 5.78. The predicted octanol–water partition coefficient (Wildman–Crippen LogP) is 1.88. The van der Waals surface area contributed by atoms with Crippen molar-refractivity contribution in [3.05, 3.63) is 0 Å². The van der Waals surface area contributed by atoms with E-state index in [9.17, 15) is 4.79 Å². The van der Waals surface area contributed by atoms with E-state index >= 15 is 0 Å². The van der Waals surface area contributed by atoms with E-state index in [1.54, 1.807) is 0 Å². The Labute approximate surface area is 105 Å². The van der Waals surface area contributed by atoms with Gasteiger partial charge >= 0.3 is 0 Å². The summed E-state index contributed by atoms with van der Waals surface area (Å²) in [6, 6.07) is 0. The van der Waals surface area contributed by atoms with Crippen LogP contribution in [0.4, 0.5) is 0 Å². The lowest BCUT2D eigenvalue weighted by atomic mass is 9.97. The summed E-state index contributed by atoms with van der Waals surface area (Å²) in [6.45, 7) is 8.08. The Morgan fingerprint density at radius 2 is 2.06 bits per heavy atom. The van der Waals surface area contributed by atoms with E-state index in [2.05, 4.69) is 19.2 Å². The molecular weight excluding hydrogens is 212 g/mol. The van der Waals surface area contributed by atoms with Gasteiger partial charge in [0.1, 0.15) is 0 Å². The molecule has 1 amide bonds. The quantitative estimate of drug-likeness (QED) is 0.766. The van der Waals surface area contributed by atoms with Gasteiger partial charge in [0, 0.05) is 13.1 Å². The van der Waals surface area contributed by atoms with Crippen LogP contribution in [0.3, 0.4) is 0 Å². The SMILES string of the molecule is CC(C)CC1CCN(C(=O)CNCC2CC2)C1. The van der Waals surface area contributed by atoms with Crippen molar-refractivity contribution in [3.8, 4) is 0 Å². The van der Waals surface area contributed by atoms with Gasteiger partial charge in [0.15, 0.2) is 0 Å². The molecule has 0 aromatic rings. The largest absolute Gasteiger partial charge is 0.341 e. The number of rotatable bonds is 6. The van der Waals surface area contributed by atoms with E-state index in [0.29, 0.717) is 12.5 Å². The van der Waals surface area contributed by atoms with Crippen LogP contribution in [0, 0.1) is 17.8 Å². The minimum Gasteiger partial charge on any atom is -0.341 e. The molecule has 3 heteroatoms. The van der Waals surface area contributed by atoms with Gasteiger partial charge in [0.2, 0.25) is 5.91 Å². The van der Waals surface area contributed by atoms with Gasteiger partial charge in [-0.15, -0.1) is 0 Å². The monoisotopic (exact) mass is 238 g/mol.